The van der Waals surface area contributed by atoms with Gasteiger partial charge in [0, 0.05) is 12.6 Å². The molecule has 9 heavy (non-hydrogen) atoms. The molecule has 2 amide bonds. The summed E-state index contributed by atoms with van der Waals surface area (Å²) >= 11 is 0. The van der Waals surface area contributed by atoms with Crippen LogP contribution in [0.4, 0.5) is 4.79 Å². The van der Waals surface area contributed by atoms with Crippen molar-refractivity contribution in [1.29, 1.82) is 0 Å². The summed E-state index contributed by atoms with van der Waals surface area (Å²) in [5, 5.41) is 0. The van der Waals surface area contributed by atoms with E-state index >= 15 is 0 Å². The maximum Gasteiger partial charge on any atom is 0.315 e. The van der Waals surface area contributed by atoms with Crippen LogP contribution in [0, 0.1) is 6.92 Å². The van der Waals surface area contributed by atoms with Gasteiger partial charge in [-0.3, -0.25) is 0 Å². The quantitative estimate of drug-likeness (QED) is 0.583. The first kappa shape index (κ1) is 8.27. The van der Waals surface area contributed by atoms with Gasteiger partial charge in [-0.1, -0.05) is 0 Å². The molecule has 0 aromatic carbocycles. The highest BCUT2D eigenvalue weighted by molar-refractivity contribution is 5.72. The molecule has 0 fully saturated rings. The fourth-order valence-corrected chi connectivity index (χ4v) is 0.623. The lowest BCUT2D eigenvalue weighted by Gasteiger charge is -2.21. The van der Waals surface area contributed by atoms with Crippen LogP contribution in [0.1, 0.15) is 13.8 Å². The number of rotatable bonds is 2. The Morgan fingerprint density at radius 1 is 1.78 bits per heavy atom. The van der Waals surface area contributed by atoms with E-state index in [4.69, 9.17) is 5.73 Å². The van der Waals surface area contributed by atoms with Crippen LogP contribution in [-0.4, -0.2) is 23.5 Å². The number of hydrogen-bond acceptors (Lipinski definition) is 1. The topological polar surface area (TPSA) is 46.3 Å². The summed E-state index contributed by atoms with van der Waals surface area (Å²) in [5.74, 6) is 0. The number of hydrogen-bond donors (Lipinski definition) is 1. The fraction of sp³-hybridized carbons (Fsp3) is 0.667. The van der Waals surface area contributed by atoms with Gasteiger partial charge >= 0.3 is 6.03 Å². The third-order valence-corrected chi connectivity index (χ3v) is 1.15. The summed E-state index contributed by atoms with van der Waals surface area (Å²) in [7, 11) is 0. The van der Waals surface area contributed by atoms with Crippen LogP contribution >= 0.6 is 0 Å². The number of carbonyl (C=O) groups is 1. The highest BCUT2D eigenvalue weighted by Crippen LogP contribution is 1.94. The summed E-state index contributed by atoms with van der Waals surface area (Å²) in [6.45, 7) is 7.79. The first-order valence-electron chi connectivity index (χ1n) is 2.95. The number of nitrogens with two attached hydrogens (primary N) is 1. The molecule has 2 N–H and O–H groups in total. The third kappa shape index (κ3) is 2.35. The van der Waals surface area contributed by atoms with Gasteiger partial charge in [0.25, 0.3) is 0 Å². The highest BCUT2D eigenvalue weighted by Gasteiger charge is 2.09. The van der Waals surface area contributed by atoms with Crippen LogP contribution in [0.5, 0.6) is 0 Å². The van der Waals surface area contributed by atoms with Gasteiger partial charge in [-0.25, -0.2) is 4.79 Å². The Morgan fingerprint density at radius 2 is 2.22 bits per heavy atom. The second kappa shape index (κ2) is 3.33. The lowest BCUT2D eigenvalue weighted by atomic mass is 10.3. The minimum atomic E-state index is -0.403. The Balaban J connectivity index is 3.83. The number of primary amides is 1. The first-order chi connectivity index (χ1) is 4.09. The van der Waals surface area contributed by atoms with E-state index in [-0.39, 0.29) is 6.04 Å². The van der Waals surface area contributed by atoms with Crippen LogP contribution in [0.25, 0.3) is 0 Å². The Labute approximate surface area is 55.8 Å². The van der Waals surface area contributed by atoms with E-state index in [1.54, 1.807) is 0 Å². The van der Waals surface area contributed by atoms with Gasteiger partial charge in [-0.15, -0.1) is 0 Å². The summed E-state index contributed by atoms with van der Waals surface area (Å²) < 4.78 is 0. The molecule has 0 aliphatic heterocycles. The molecule has 0 spiro atoms. The lowest BCUT2D eigenvalue weighted by molar-refractivity contribution is 0.200. The predicted octanol–water partition coefficient (Wildman–Crippen LogP) is 0.610. The molecule has 3 heteroatoms. The number of urea groups is 1. The fourth-order valence-electron chi connectivity index (χ4n) is 0.623. The molecule has 3 nitrogen and oxygen atoms in total. The first-order valence-corrected chi connectivity index (χ1v) is 2.95. The molecule has 0 aliphatic carbocycles. The Hall–Kier alpha value is -0.730. The number of amides is 2. The van der Waals surface area contributed by atoms with Crippen molar-refractivity contribution in [2.75, 3.05) is 6.54 Å². The summed E-state index contributed by atoms with van der Waals surface area (Å²) in [6.07, 6.45) is 0. The standard InChI is InChI=1S/C6H13N2O/c1-4-8(5(2)3)6(7)9/h5H,1,4H2,2-3H3,(H2,7,9). The molecule has 0 unspecified atom stereocenters. The number of carbonyl (C=O) groups excluding carboxylic acids is 1. The van der Waals surface area contributed by atoms with Crippen LogP contribution < -0.4 is 5.73 Å². The van der Waals surface area contributed by atoms with Crippen molar-refractivity contribution < 1.29 is 4.79 Å². The van der Waals surface area contributed by atoms with E-state index < -0.39 is 6.03 Å². The predicted molar refractivity (Wildman–Crippen MR) is 36.8 cm³/mol. The maximum atomic E-state index is 10.5. The SMILES string of the molecule is [CH2]CN(C(N)=O)C(C)C. The second-order valence-corrected chi connectivity index (χ2v) is 2.13. The van der Waals surface area contributed by atoms with Gasteiger partial charge in [-0.2, -0.15) is 0 Å². The molecule has 0 aromatic heterocycles. The van der Waals surface area contributed by atoms with E-state index in [0.717, 1.165) is 0 Å². The van der Waals surface area contributed by atoms with Gasteiger partial charge in [0.2, 0.25) is 0 Å². The van der Waals surface area contributed by atoms with Crippen molar-refractivity contribution in [1.82, 2.24) is 4.90 Å². The molecular weight excluding hydrogens is 116 g/mol. The van der Waals surface area contributed by atoms with Crippen LogP contribution in [0.3, 0.4) is 0 Å². The normalized spacial score (nSPS) is 9.78. The second-order valence-electron chi connectivity index (χ2n) is 2.13. The van der Waals surface area contributed by atoms with E-state index in [1.807, 2.05) is 13.8 Å². The molecule has 0 atom stereocenters. The zero-order chi connectivity index (χ0) is 7.44. The molecule has 0 heterocycles. The average Bonchev–Trinajstić information content (AvgIpc) is 1.64. The Morgan fingerprint density at radius 3 is 2.22 bits per heavy atom. The highest BCUT2D eigenvalue weighted by atomic mass is 16.2. The van der Waals surface area contributed by atoms with Gasteiger partial charge in [-0.05, 0) is 20.8 Å². The van der Waals surface area contributed by atoms with Crippen molar-refractivity contribution >= 4 is 6.03 Å². The summed E-state index contributed by atoms with van der Waals surface area (Å²) in [6, 6.07) is -0.250. The van der Waals surface area contributed by atoms with Crippen LogP contribution in [-0.2, 0) is 0 Å². The average molecular weight is 129 g/mol. The van der Waals surface area contributed by atoms with Crippen molar-refractivity contribution in [2.24, 2.45) is 5.73 Å². The summed E-state index contributed by atoms with van der Waals surface area (Å²) in [4.78, 5) is 12.0. The molecule has 0 saturated carbocycles. The molecule has 0 aromatic rings. The van der Waals surface area contributed by atoms with Crippen LogP contribution in [0.15, 0.2) is 0 Å². The smallest absolute Gasteiger partial charge is 0.315 e. The molecule has 53 valence electrons. The Kier molecular flexibility index (Phi) is 3.06. The Bertz CT molecular complexity index is 101. The van der Waals surface area contributed by atoms with Crippen molar-refractivity contribution in [3.63, 3.8) is 0 Å². The molecule has 0 bridgehead atoms. The van der Waals surface area contributed by atoms with E-state index in [2.05, 4.69) is 6.92 Å². The molecular formula is C6H13N2O. The molecule has 0 aliphatic rings. The molecule has 0 saturated heterocycles. The zero-order valence-electron chi connectivity index (χ0n) is 5.92. The minimum Gasteiger partial charge on any atom is -0.351 e. The lowest BCUT2D eigenvalue weighted by Crippen LogP contribution is -2.40. The zero-order valence-corrected chi connectivity index (χ0v) is 5.92. The molecule has 0 rings (SSSR count). The van der Waals surface area contributed by atoms with Gasteiger partial charge < -0.3 is 10.6 Å². The van der Waals surface area contributed by atoms with E-state index in [9.17, 15) is 4.79 Å². The van der Waals surface area contributed by atoms with Gasteiger partial charge in [0.15, 0.2) is 0 Å². The van der Waals surface area contributed by atoms with E-state index in [1.165, 1.54) is 4.90 Å². The van der Waals surface area contributed by atoms with Crippen molar-refractivity contribution in [2.45, 2.75) is 19.9 Å². The van der Waals surface area contributed by atoms with Crippen molar-refractivity contribution in [3.05, 3.63) is 6.92 Å². The van der Waals surface area contributed by atoms with Crippen LogP contribution in [0.2, 0.25) is 0 Å². The van der Waals surface area contributed by atoms with Gasteiger partial charge in [0.05, 0.1) is 0 Å². The number of nitrogens with zero attached hydrogens (tertiary/aromatic N) is 1. The molecule has 1 radical (unpaired) electrons. The third-order valence-electron chi connectivity index (χ3n) is 1.15. The monoisotopic (exact) mass is 129 g/mol. The largest absolute Gasteiger partial charge is 0.351 e. The maximum absolute atomic E-state index is 10.5. The summed E-state index contributed by atoms with van der Waals surface area (Å²) in [5.41, 5.74) is 5.00. The van der Waals surface area contributed by atoms with Crippen molar-refractivity contribution in [3.8, 4) is 0 Å². The van der Waals surface area contributed by atoms with E-state index in [0.29, 0.717) is 6.54 Å². The minimum absolute atomic E-state index is 0.153. The van der Waals surface area contributed by atoms with Gasteiger partial charge in [0.1, 0.15) is 0 Å².